The molecule has 1 N–H and O–H groups in total. The average Bonchev–Trinajstić information content (AvgIpc) is 2.97. The van der Waals surface area contributed by atoms with Crippen LogP contribution in [0.1, 0.15) is 23.1 Å². The first-order valence-corrected chi connectivity index (χ1v) is 10.3. The predicted octanol–water partition coefficient (Wildman–Crippen LogP) is 1.56. The Kier molecular flexibility index (Phi) is 5.76. The number of rotatable bonds is 6. The number of sulfonamides is 1. The Labute approximate surface area is 155 Å². The van der Waals surface area contributed by atoms with E-state index in [9.17, 15) is 8.42 Å². The van der Waals surface area contributed by atoms with Crippen molar-refractivity contribution in [1.82, 2.24) is 19.7 Å². The number of benzene rings is 1. The molecule has 0 amide bonds. The van der Waals surface area contributed by atoms with Gasteiger partial charge in [0.2, 0.25) is 10.0 Å². The smallest absolute Gasteiger partial charge is 0.246 e. The Morgan fingerprint density at radius 1 is 1.15 bits per heavy atom. The van der Waals surface area contributed by atoms with Crippen LogP contribution < -0.4 is 4.72 Å². The standard InChI is InChI=1S/C18H26N4O3S/c1-14-18(15(2)25-20-14)26(23,24)19-13-17(16-7-5-4-6-8-16)22-11-9-21(3)10-12-22/h4-8,17,19H,9-13H2,1-3H3. The summed E-state index contributed by atoms with van der Waals surface area (Å²) in [5, 5.41) is 3.76. The van der Waals surface area contributed by atoms with Gasteiger partial charge in [-0.1, -0.05) is 35.5 Å². The van der Waals surface area contributed by atoms with Crippen molar-refractivity contribution < 1.29 is 12.9 Å². The SMILES string of the molecule is Cc1noc(C)c1S(=O)(=O)NCC(c1ccccc1)N1CCN(C)CC1. The van der Waals surface area contributed by atoms with Gasteiger partial charge in [-0.25, -0.2) is 13.1 Å². The van der Waals surface area contributed by atoms with Crippen LogP contribution in [-0.2, 0) is 10.0 Å². The molecule has 0 saturated carbocycles. The van der Waals surface area contributed by atoms with Crippen molar-refractivity contribution in [3.63, 3.8) is 0 Å². The maximum absolute atomic E-state index is 12.8. The lowest BCUT2D eigenvalue weighted by Gasteiger charge is -2.38. The van der Waals surface area contributed by atoms with E-state index in [-0.39, 0.29) is 10.9 Å². The Bertz CT molecular complexity index is 808. The zero-order valence-electron chi connectivity index (χ0n) is 15.5. The van der Waals surface area contributed by atoms with E-state index in [1.165, 1.54) is 0 Å². The third-order valence-electron chi connectivity index (χ3n) is 4.87. The number of hydrogen-bond donors (Lipinski definition) is 1. The van der Waals surface area contributed by atoms with Crippen LogP contribution in [0.5, 0.6) is 0 Å². The number of nitrogens with zero attached hydrogens (tertiary/aromatic N) is 3. The molecule has 0 bridgehead atoms. The van der Waals surface area contributed by atoms with Gasteiger partial charge >= 0.3 is 0 Å². The van der Waals surface area contributed by atoms with Gasteiger partial charge in [0.25, 0.3) is 0 Å². The second kappa shape index (κ2) is 7.87. The van der Waals surface area contributed by atoms with E-state index in [0.29, 0.717) is 18.0 Å². The van der Waals surface area contributed by atoms with Crippen LogP contribution in [0.4, 0.5) is 0 Å². The topological polar surface area (TPSA) is 78.7 Å². The van der Waals surface area contributed by atoms with Crippen LogP contribution in [0.3, 0.4) is 0 Å². The van der Waals surface area contributed by atoms with Crippen LogP contribution in [0.15, 0.2) is 39.8 Å². The second-order valence-corrected chi connectivity index (χ2v) is 8.47. The lowest BCUT2D eigenvalue weighted by atomic mass is 10.0. The first kappa shape index (κ1) is 19.0. The van der Waals surface area contributed by atoms with Gasteiger partial charge in [-0.05, 0) is 26.5 Å². The third kappa shape index (κ3) is 4.15. The van der Waals surface area contributed by atoms with E-state index >= 15 is 0 Å². The van der Waals surface area contributed by atoms with Crippen LogP contribution >= 0.6 is 0 Å². The van der Waals surface area contributed by atoms with Crippen LogP contribution in [0.2, 0.25) is 0 Å². The molecule has 142 valence electrons. The largest absolute Gasteiger partial charge is 0.360 e. The molecular formula is C18H26N4O3S. The molecule has 7 nitrogen and oxygen atoms in total. The van der Waals surface area contributed by atoms with E-state index in [4.69, 9.17) is 4.52 Å². The zero-order valence-corrected chi connectivity index (χ0v) is 16.3. The van der Waals surface area contributed by atoms with Crippen molar-refractivity contribution in [1.29, 1.82) is 0 Å². The second-order valence-electron chi connectivity index (χ2n) is 6.77. The maximum atomic E-state index is 12.8. The van der Waals surface area contributed by atoms with Gasteiger partial charge in [0, 0.05) is 38.8 Å². The van der Waals surface area contributed by atoms with Crippen molar-refractivity contribution in [2.75, 3.05) is 39.8 Å². The highest BCUT2D eigenvalue weighted by molar-refractivity contribution is 7.89. The fraction of sp³-hybridized carbons (Fsp3) is 0.500. The van der Waals surface area contributed by atoms with E-state index in [1.54, 1.807) is 13.8 Å². The van der Waals surface area contributed by atoms with E-state index in [2.05, 4.69) is 26.7 Å². The van der Waals surface area contributed by atoms with Crippen LogP contribution in [0, 0.1) is 13.8 Å². The summed E-state index contributed by atoms with van der Waals surface area (Å²) in [6.07, 6.45) is 0. The minimum atomic E-state index is -3.67. The van der Waals surface area contributed by atoms with Crippen molar-refractivity contribution in [2.45, 2.75) is 24.8 Å². The number of aryl methyl sites for hydroxylation is 2. The molecule has 1 aromatic carbocycles. The fourth-order valence-electron chi connectivity index (χ4n) is 3.39. The molecule has 1 fully saturated rings. The first-order valence-electron chi connectivity index (χ1n) is 8.78. The van der Waals surface area contributed by atoms with Gasteiger partial charge in [-0.15, -0.1) is 0 Å². The highest BCUT2D eigenvalue weighted by Gasteiger charge is 2.28. The molecule has 1 aliphatic rings. The molecule has 0 aliphatic carbocycles. The molecule has 1 aliphatic heterocycles. The molecule has 3 rings (SSSR count). The fourth-order valence-corrected chi connectivity index (χ4v) is 4.75. The van der Waals surface area contributed by atoms with Gasteiger partial charge in [0.15, 0.2) is 5.76 Å². The van der Waals surface area contributed by atoms with Gasteiger partial charge in [-0.2, -0.15) is 0 Å². The Morgan fingerprint density at radius 2 is 1.81 bits per heavy atom. The van der Waals surface area contributed by atoms with Crippen LogP contribution in [-0.4, -0.2) is 63.1 Å². The van der Waals surface area contributed by atoms with Crippen molar-refractivity contribution >= 4 is 10.0 Å². The normalized spacial score (nSPS) is 18.1. The van der Waals surface area contributed by atoms with Gasteiger partial charge in [-0.3, -0.25) is 4.90 Å². The first-order chi connectivity index (χ1) is 12.4. The molecular weight excluding hydrogens is 352 g/mol. The van der Waals surface area contributed by atoms with Gasteiger partial charge in [0.1, 0.15) is 10.6 Å². The number of hydrogen-bond acceptors (Lipinski definition) is 6. The number of likely N-dealkylation sites (N-methyl/N-ethyl adjacent to an activating group) is 1. The van der Waals surface area contributed by atoms with Crippen molar-refractivity contribution in [3.05, 3.63) is 47.3 Å². The highest BCUT2D eigenvalue weighted by atomic mass is 32.2. The summed E-state index contributed by atoms with van der Waals surface area (Å²) in [5.74, 6) is 0.311. The van der Waals surface area contributed by atoms with Crippen molar-refractivity contribution in [2.24, 2.45) is 0 Å². The van der Waals surface area contributed by atoms with Crippen LogP contribution in [0.25, 0.3) is 0 Å². The lowest BCUT2D eigenvalue weighted by molar-refractivity contribution is 0.113. The zero-order chi connectivity index (χ0) is 18.7. The maximum Gasteiger partial charge on any atom is 0.246 e. The molecule has 1 saturated heterocycles. The van der Waals surface area contributed by atoms with E-state index in [0.717, 1.165) is 31.7 Å². The summed E-state index contributed by atoms with van der Waals surface area (Å²) in [6.45, 7) is 7.32. The molecule has 2 heterocycles. The predicted molar refractivity (Wildman–Crippen MR) is 99.4 cm³/mol. The lowest BCUT2D eigenvalue weighted by Crippen LogP contribution is -2.48. The number of nitrogens with one attached hydrogen (secondary N) is 1. The summed E-state index contributed by atoms with van der Waals surface area (Å²) in [5.41, 5.74) is 1.49. The minimum absolute atomic E-state index is 0.0138. The molecule has 1 atom stereocenters. The molecule has 8 heteroatoms. The van der Waals surface area contributed by atoms with Crippen molar-refractivity contribution in [3.8, 4) is 0 Å². The van der Waals surface area contributed by atoms with E-state index in [1.807, 2.05) is 30.3 Å². The van der Waals surface area contributed by atoms with Gasteiger partial charge in [0.05, 0.1) is 0 Å². The number of aromatic nitrogens is 1. The Morgan fingerprint density at radius 3 is 2.38 bits per heavy atom. The summed E-state index contributed by atoms with van der Waals surface area (Å²) in [7, 11) is -1.57. The summed E-state index contributed by atoms with van der Waals surface area (Å²) in [4.78, 5) is 4.76. The molecule has 26 heavy (non-hydrogen) atoms. The molecule has 0 radical (unpaired) electrons. The quantitative estimate of drug-likeness (QED) is 0.822. The molecule has 0 spiro atoms. The highest BCUT2D eigenvalue weighted by Crippen LogP contribution is 2.23. The molecule has 1 unspecified atom stereocenters. The average molecular weight is 378 g/mol. The third-order valence-corrected chi connectivity index (χ3v) is 6.53. The summed E-state index contributed by atoms with van der Waals surface area (Å²) in [6, 6.07) is 10.0. The summed E-state index contributed by atoms with van der Waals surface area (Å²) < 4.78 is 33.3. The van der Waals surface area contributed by atoms with Gasteiger partial charge < -0.3 is 9.42 Å². The Balaban J connectivity index is 1.80. The molecule has 2 aromatic rings. The Hall–Kier alpha value is -1.74. The molecule has 1 aromatic heterocycles. The van der Waals surface area contributed by atoms with E-state index < -0.39 is 10.0 Å². The minimum Gasteiger partial charge on any atom is -0.360 e. The monoisotopic (exact) mass is 378 g/mol. The summed E-state index contributed by atoms with van der Waals surface area (Å²) >= 11 is 0. The number of piperazine rings is 1.